The largest absolute Gasteiger partial charge is 0.361 e. The van der Waals surface area contributed by atoms with E-state index in [0.717, 1.165) is 19.6 Å². The van der Waals surface area contributed by atoms with Crippen LogP contribution in [-0.4, -0.2) is 12.3 Å². The summed E-state index contributed by atoms with van der Waals surface area (Å²) in [6, 6.07) is 10.4. The summed E-state index contributed by atoms with van der Waals surface area (Å²) in [6.07, 6.45) is 2.30. The van der Waals surface area contributed by atoms with Gasteiger partial charge in [0.2, 0.25) is 0 Å². The van der Waals surface area contributed by atoms with Gasteiger partial charge in [0.05, 0.1) is 0 Å². The maximum atomic E-state index is 5.78. The van der Waals surface area contributed by atoms with Crippen LogP contribution in [0.15, 0.2) is 30.3 Å². The van der Waals surface area contributed by atoms with Crippen LogP contribution in [0.5, 0.6) is 0 Å². The number of hydrogen-bond acceptors (Lipinski definition) is 2. The second-order valence-corrected chi connectivity index (χ2v) is 4.55. The zero-order valence-corrected chi connectivity index (χ0v) is 10.6. The maximum Gasteiger partial charge on any atom is 0.113 e. The van der Waals surface area contributed by atoms with E-state index in [-0.39, 0.29) is 5.72 Å². The van der Waals surface area contributed by atoms with Gasteiger partial charge in [-0.05, 0) is 25.8 Å². The van der Waals surface area contributed by atoms with Crippen molar-refractivity contribution in [3.05, 3.63) is 35.9 Å². The van der Waals surface area contributed by atoms with Crippen LogP contribution in [0.3, 0.4) is 0 Å². The Kier molecular flexibility index (Phi) is 5.50. The van der Waals surface area contributed by atoms with Crippen molar-refractivity contribution in [2.24, 2.45) is 0 Å². The van der Waals surface area contributed by atoms with Crippen LogP contribution in [0.2, 0.25) is 0 Å². The van der Waals surface area contributed by atoms with Crippen LogP contribution in [-0.2, 0) is 11.3 Å². The Bertz CT molecular complexity index is 282. The van der Waals surface area contributed by atoms with E-state index in [1.54, 1.807) is 0 Å². The zero-order valence-electron chi connectivity index (χ0n) is 10.6. The summed E-state index contributed by atoms with van der Waals surface area (Å²) < 4.78 is 5.78. The standard InChI is InChI=1S/C14H23NO/c1-4-5-11-16-14(2,3)15-12-13-9-7-6-8-10-13/h6-10,15H,4-5,11-12H2,1-3H3. The summed E-state index contributed by atoms with van der Waals surface area (Å²) in [5.41, 5.74) is 1.04. The van der Waals surface area contributed by atoms with Crippen molar-refractivity contribution in [3.8, 4) is 0 Å². The SMILES string of the molecule is CCCCOC(C)(C)NCc1ccccc1. The highest BCUT2D eigenvalue weighted by Crippen LogP contribution is 2.08. The van der Waals surface area contributed by atoms with Gasteiger partial charge in [-0.15, -0.1) is 0 Å². The highest BCUT2D eigenvalue weighted by Gasteiger charge is 2.16. The molecule has 0 aliphatic rings. The first-order valence-corrected chi connectivity index (χ1v) is 6.07. The Labute approximate surface area is 99.0 Å². The Morgan fingerprint density at radius 2 is 1.88 bits per heavy atom. The Morgan fingerprint density at radius 1 is 1.19 bits per heavy atom. The van der Waals surface area contributed by atoms with Crippen LogP contribution in [0.1, 0.15) is 39.2 Å². The third-order valence-electron chi connectivity index (χ3n) is 2.52. The maximum absolute atomic E-state index is 5.78. The quantitative estimate of drug-likeness (QED) is 0.563. The van der Waals surface area contributed by atoms with Gasteiger partial charge >= 0.3 is 0 Å². The number of ether oxygens (including phenoxy) is 1. The van der Waals surface area contributed by atoms with Gasteiger partial charge in [-0.3, -0.25) is 5.32 Å². The predicted molar refractivity (Wildman–Crippen MR) is 68.2 cm³/mol. The molecule has 0 heterocycles. The third-order valence-corrected chi connectivity index (χ3v) is 2.52. The van der Waals surface area contributed by atoms with Crippen LogP contribution in [0, 0.1) is 0 Å². The molecule has 0 aliphatic carbocycles. The average Bonchev–Trinajstić information content (AvgIpc) is 2.28. The summed E-state index contributed by atoms with van der Waals surface area (Å²) in [7, 11) is 0. The molecule has 16 heavy (non-hydrogen) atoms. The van der Waals surface area contributed by atoms with E-state index in [1.165, 1.54) is 12.0 Å². The van der Waals surface area contributed by atoms with Gasteiger partial charge in [-0.25, -0.2) is 0 Å². The van der Waals surface area contributed by atoms with Crippen molar-refractivity contribution >= 4 is 0 Å². The number of unbranched alkanes of at least 4 members (excludes halogenated alkanes) is 1. The van der Waals surface area contributed by atoms with Crippen molar-refractivity contribution in [2.75, 3.05) is 6.61 Å². The number of hydrogen-bond donors (Lipinski definition) is 1. The molecular formula is C14H23NO. The fourth-order valence-corrected chi connectivity index (χ4v) is 1.43. The van der Waals surface area contributed by atoms with Gasteiger partial charge in [0.15, 0.2) is 0 Å². The molecule has 2 heteroatoms. The van der Waals surface area contributed by atoms with Crippen LogP contribution < -0.4 is 5.32 Å². The lowest BCUT2D eigenvalue weighted by Crippen LogP contribution is -2.41. The second kappa shape index (κ2) is 6.66. The molecule has 0 radical (unpaired) electrons. The van der Waals surface area contributed by atoms with E-state index in [1.807, 2.05) is 6.07 Å². The molecule has 0 saturated heterocycles. The molecule has 1 rings (SSSR count). The van der Waals surface area contributed by atoms with E-state index in [4.69, 9.17) is 4.74 Å². The molecule has 0 saturated carbocycles. The molecule has 0 spiro atoms. The first-order valence-electron chi connectivity index (χ1n) is 6.07. The highest BCUT2D eigenvalue weighted by molar-refractivity contribution is 5.14. The Hall–Kier alpha value is -0.860. The lowest BCUT2D eigenvalue weighted by atomic mass is 10.2. The van der Waals surface area contributed by atoms with Crippen molar-refractivity contribution in [3.63, 3.8) is 0 Å². The summed E-state index contributed by atoms with van der Waals surface area (Å²) in [4.78, 5) is 0. The first-order chi connectivity index (χ1) is 7.64. The van der Waals surface area contributed by atoms with E-state index < -0.39 is 0 Å². The summed E-state index contributed by atoms with van der Waals surface area (Å²) in [5, 5.41) is 3.41. The fraction of sp³-hybridized carbons (Fsp3) is 0.571. The topological polar surface area (TPSA) is 21.3 Å². The molecule has 1 aromatic carbocycles. The number of benzene rings is 1. The van der Waals surface area contributed by atoms with Crippen molar-refractivity contribution < 1.29 is 4.74 Å². The van der Waals surface area contributed by atoms with Crippen LogP contribution >= 0.6 is 0 Å². The molecule has 0 unspecified atom stereocenters. The van der Waals surface area contributed by atoms with Gasteiger partial charge in [0, 0.05) is 13.2 Å². The monoisotopic (exact) mass is 221 g/mol. The average molecular weight is 221 g/mol. The smallest absolute Gasteiger partial charge is 0.113 e. The molecule has 0 aromatic heterocycles. The second-order valence-electron chi connectivity index (χ2n) is 4.55. The van der Waals surface area contributed by atoms with Crippen molar-refractivity contribution in [1.29, 1.82) is 0 Å². The van der Waals surface area contributed by atoms with Crippen molar-refractivity contribution in [1.82, 2.24) is 5.32 Å². The van der Waals surface area contributed by atoms with E-state index >= 15 is 0 Å². The highest BCUT2D eigenvalue weighted by atomic mass is 16.5. The minimum atomic E-state index is -0.245. The normalized spacial score (nSPS) is 11.7. The van der Waals surface area contributed by atoms with Gasteiger partial charge < -0.3 is 4.74 Å². The molecule has 0 fully saturated rings. The Balaban J connectivity index is 2.30. The summed E-state index contributed by atoms with van der Waals surface area (Å²) in [5.74, 6) is 0. The number of nitrogens with one attached hydrogen (secondary N) is 1. The predicted octanol–water partition coefficient (Wildman–Crippen LogP) is 3.33. The molecule has 90 valence electrons. The molecule has 1 N–H and O–H groups in total. The van der Waals surface area contributed by atoms with Gasteiger partial charge in [-0.2, -0.15) is 0 Å². The Morgan fingerprint density at radius 3 is 2.50 bits per heavy atom. The van der Waals surface area contributed by atoms with E-state index in [0.29, 0.717) is 0 Å². The first kappa shape index (κ1) is 13.2. The van der Waals surface area contributed by atoms with Gasteiger partial charge in [-0.1, -0.05) is 43.7 Å². The molecule has 0 bridgehead atoms. The number of rotatable bonds is 7. The van der Waals surface area contributed by atoms with Crippen LogP contribution in [0.25, 0.3) is 0 Å². The van der Waals surface area contributed by atoms with Crippen molar-refractivity contribution in [2.45, 2.75) is 45.9 Å². The zero-order chi connectivity index (χ0) is 11.9. The van der Waals surface area contributed by atoms with Gasteiger partial charge in [0.1, 0.15) is 5.72 Å². The molecule has 0 atom stereocenters. The lowest BCUT2D eigenvalue weighted by Gasteiger charge is -2.27. The summed E-state index contributed by atoms with van der Waals surface area (Å²) in [6.45, 7) is 8.00. The minimum absolute atomic E-state index is 0.245. The molecule has 0 amide bonds. The molecule has 2 nitrogen and oxygen atoms in total. The molecular weight excluding hydrogens is 198 g/mol. The minimum Gasteiger partial charge on any atom is -0.361 e. The molecule has 0 aliphatic heterocycles. The van der Waals surface area contributed by atoms with E-state index in [2.05, 4.69) is 50.4 Å². The fourth-order valence-electron chi connectivity index (χ4n) is 1.43. The summed E-state index contributed by atoms with van der Waals surface area (Å²) >= 11 is 0. The third kappa shape index (κ3) is 5.29. The van der Waals surface area contributed by atoms with E-state index in [9.17, 15) is 0 Å². The van der Waals surface area contributed by atoms with Gasteiger partial charge in [0.25, 0.3) is 0 Å². The lowest BCUT2D eigenvalue weighted by molar-refractivity contribution is -0.0453. The van der Waals surface area contributed by atoms with Crippen LogP contribution in [0.4, 0.5) is 0 Å². The molecule has 1 aromatic rings.